The van der Waals surface area contributed by atoms with Crippen molar-refractivity contribution in [2.75, 3.05) is 17.4 Å². The summed E-state index contributed by atoms with van der Waals surface area (Å²) in [5.41, 5.74) is 8.75. The van der Waals surface area contributed by atoms with E-state index >= 15 is 0 Å². The van der Waals surface area contributed by atoms with Crippen LogP contribution < -0.4 is 11.2 Å². The number of hydrazone groups is 1. The topological polar surface area (TPSA) is 93.5 Å². The highest BCUT2D eigenvalue weighted by molar-refractivity contribution is 8.00. The number of nitrogens with zero attached hydrogens (tertiary/aromatic N) is 2. The van der Waals surface area contributed by atoms with E-state index in [0.29, 0.717) is 11.4 Å². The van der Waals surface area contributed by atoms with Gasteiger partial charge in [0.25, 0.3) is 5.69 Å². The van der Waals surface area contributed by atoms with Crippen molar-refractivity contribution in [3.05, 3.63) is 45.3 Å². The Morgan fingerprint density at radius 2 is 2.25 bits per heavy atom. The number of nitrogens with one attached hydrogen (secondary N) is 1. The molecule has 0 atom stereocenters. The maximum absolute atomic E-state index is 10.9. The van der Waals surface area contributed by atoms with Crippen LogP contribution in [0.25, 0.3) is 0 Å². The number of nitrogen functional groups attached to an aromatic ring is 1. The summed E-state index contributed by atoms with van der Waals surface area (Å²) in [7, 11) is 0. The summed E-state index contributed by atoms with van der Waals surface area (Å²) in [4.78, 5) is 11.4. The van der Waals surface area contributed by atoms with Crippen molar-refractivity contribution in [1.29, 1.82) is 0 Å². The normalized spacial score (nSPS) is 10.8. The molecular formula is C12H12N4O2S2. The second kappa shape index (κ2) is 6.40. The molecule has 0 aliphatic carbocycles. The molecule has 0 saturated heterocycles. The quantitative estimate of drug-likeness (QED) is 0.290. The van der Waals surface area contributed by atoms with Crippen LogP contribution in [0.4, 0.5) is 17.1 Å². The number of rotatable bonds is 5. The van der Waals surface area contributed by atoms with E-state index in [-0.39, 0.29) is 5.69 Å². The molecule has 2 aromatic rings. The van der Waals surface area contributed by atoms with Crippen LogP contribution in [0.1, 0.15) is 4.88 Å². The van der Waals surface area contributed by atoms with Crippen molar-refractivity contribution in [3.8, 4) is 0 Å². The lowest BCUT2D eigenvalue weighted by Crippen LogP contribution is -1.98. The van der Waals surface area contributed by atoms with E-state index in [9.17, 15) is 10.1 Å². The van der Waals surface area contributed by atoms with E-state index in [1.807, 2.05) is 18.4 Å². The Labute approximate surface area is 123 Å². The van der Waals surface area contributed by atoms with Crippen molar-refractivity contribution in [3.63, 3.8) is 0 Å². The second-order valence-corrected chi connectivity index (χ2v) is 5.99. The number of nitro groups is 1. The summed E-state index contributed by atoms with van der Waals surface area (Å²) < 4.78 is 1.19. The summed E-state index contributed by atoms with van der Waals surface area (Å²) in [6.45, 7) is 0. The van der Waals surface area contributed by atoms with Crippen molar-refractivity contribution in [2.24, 2.45) is 5.10 Å². The highest BCUT2D eigenvalue weighted by Crippen LogP contribution is 2.27. The molecule has 20 heavy (non-hydrogen) atoms. The molecular weight excluding hydrogens is 296 g/mol. The van der Waals surface area contributed by atoms with E-state index in [1.165, 1.54) is 16.3 Å². The van der Waals surface area contributed by atoms with Gasteiger partial charge in [0.2, 0.25) is 0 Å². The van der Waals surface area contributed by atoms with Crippen LogP contribution in [0, 0.1) is 10.1 Å². The highest BCUT2D eigenvalue weighted by Gasteiger charge is 2.13. The average molecular weight is 308 g/mol. The Morgan fingerprint density at radius 1 is 1.45 bits per heavy atom. The molecule has 0 bridgehead atoms. The first-order valence-electron chi connectivity index (χ1n) is 5.57. The molecule has 1 aromatic heterocycles. The van der Waals surface area contributed by atoms with Crippen molar-refractivity contribution >= 4 is 46.4 Å². The van der Waals surface area contributed by atoms with Gasteiger partial charge in [0.1, 0.15) is 5.69 Å². The molecule has 8 heteroatoms. The van der Waals surface area contributed by atoms with Gasteiger partial charge in [-0.15, -0.1) is 23.1 Å². The third kappa shape index (κ3) is 3.49. The predicted molar refractivity (Wildman–Crippen MR) is 84.8 cm³/mol. The van der Waals surface area contributed by atoms with Gasteiger partial charge in [-0.05, 0) is 30.5 Å². The van der Waals surface area contributed by atoms with Crippen LogP contribution in [0.15, 0.2) is 39.6 Å². The third-order valence-electron chi connectivity index (χ3n) is 2.40. The molecule has 1 heterocycles. The SMILES string of the molecule is CSc1ccc(/C=N/Nc2ccc(N)cc2[N+](=O)[O-])s1. The van der Waals surface area contributed by atoms with Crippen LogP contribution in [-0.2, 0) is 0 Å². The minimum absolute atomic E-state index is 0.0990. The number of nitro benzene ring substituents is 1. The lowest BCUT2D eigenvalue weighted by atomic mass is 10.2. The molecule has 0 fully saturated rings. The Morgan fingerprint density at radius 3 is 2.90 bits per heavy atom. The third-order valence-corrected chi connectivity index (χ3v) is 4.50. The van der Waals surface area contributed by atoms with Crippen LogP contribution in [0.3, 0.4) is 0 Å². The summed E-state index contributed by atoms with van der Waals surface area (Å²) in [5.74, 6) is 0. The van der Waals surface area contributed by atoms with E-state index in [0.717, 1.165) is 4.88 Å². The fourth-order valence-electron chi connectivity index (χ4n) is 1.47. The van der Waals surface area contributed by atoms with Gasteiger partial charge in [-0.3, -0.25) is 15.5 Å². The number of anilines is 2. The summed E-state index contributed by atoms with van der Waals surface area (Å²) in [6.07, 6.45) is 3.63. The molecule has 0 aliphatic rings. The predicted octanol–water partition coefficient (Wildman–Crippen LogP) is 3.41. The first kappa shape index (κ1) is 14.4. The molecule has 0 spiro atoms. The average Bonchev–Trinajstić information content (AvgIpc) is 2.88. The summed E-state index contributed by atoms with van der Waals surface area (Å²) in [6, 6.07) is 8.37. The fourth-order valence-corrected chi connectivity index (χ4v) is 2.91. The Hall–Kier alpha value is -2.06. The maximum Gasteiger partial charge on any atom is 0.296 e. The van der Waals surface area contributed by atoms with E-state index in [4.69, 9.17) is 5.73 Å². The maximum atomic E-state index is 10.9. The van der Waals surface area contributed by atoms with Gasteiger partial charge in [0.15, 0.2) is 0 Å². The molecule has 104 valence electrons. The molecule has 0 aliphatic heterocycles. The molecule has 6 nitrogen and oxygen atoms in total. The number of nitrogens with two attached hydrogens (primary N) is 1. The zero-order valence-corrected chi connectivity index (χ0v) is 12.2. The van der Waals surface area contributed by atoms with Crippen LogP contribution in [0.5, 0.6) is 0 Å². The largest absolute Gasteiger partial charge is 0.399 e. The fraction of sp³-hybridized carbons (Fsp3) is 0.0833. The summed E-state index contributed by atoms with van der Waals surface area (Å²) in [5, 5.41) is 14.9. The van der Waals surface area contributed by atoms with Gasteiger partial charge in [-0.1, -0.05) is 0 Å². The molecule has 0 saturated carbocycles. The van der Waals surface area contributed by atoms with Gasteiger partial charge in [-0.25, -0.2) is 0 Å². The minimum Gasteiger partial charge on any atom is -0.399 e. The van der Waals surface area contributed by atoms with Crippen LogP contribution >= 0.6 is 23.1 Å². The number of hydrogen-bond acceptors (Lipinski definition) is 7. The van der Waals surface area contributed by atoms with Gasteiger partial charge in [-0.2, -0.15) is 5.10 Å². The minimum atomic E-state index is -0.495. The monoisotopic (exact) mass is 308 g/mol. The number of thiophene rings is 1. The van der Waals surface area contributed by atoms with E-state index in [1.54, 1.807) is 35.4 Å². The van der Waals surface area contributed by atoms with E-state index in [2.05, 4.69) is 10.5 Å². The van der Waals surface area contributed by atoms with Gasteiger partial charge in [0, 0.05) is 16.6 Å². The van der Waals surface area contributed by atoms with Gasteiger partial charge in [0.05, 0.1) is 15.3 Å². The zero-order chi connectivity index (χ0) is 14.5. The molecule has 2 rings (SSSR count). The Bertz CT molecular complexity index is 655. The zero-order valence-electron chi connectivity index (χ0n) is 10.6. The number of benzene rings is 1. The number of hydrogen-bond donors (Lipinski definition) is 2. The lowest BCUT2D eigenvalue weighted by molar-refractivity contribution is -0.383. The smallest absolute Gasteiger partial charge is 0.296 e. The Kier molecular flexibility index (Phi) is 4.59. The molecule has 0 amide bonds. The first-order valence-corrected chi connectivity index (χ1v) is 7.61. The van der Waals surface area contributed by atoms with Crippen LogP contribution in [-0.4, -0.2) is 17.4 Å². The second-order valence-electron chi connectivity index (χ2n) is 3.76. The van der Waals surface area contributed by atoms with Crippen molar-refractivity contribution in [2.45, 2.75) is 4.21 Å². The van der Waals surface area contributed by atoms with Crippen LogP contribution in [0.2, 0.25) is 0 Å². The highest BCUT2D eigenvalue weighted by atomic mass is 32.2. The van der Waals surface area contributed by atoms with Gasteiger partial charge < -0.3 is 5.73 Å². The van der Waals surface area contributed by atoms with Gasteiger partial charge >= 0.3 is 0 Å². The molecule has 0 unspecified atom stereocenters. The Balaban J connectivity index is 2.12. The molecule has 3 N–H and O–H groups in total. The van der Waals surface area contributed by atoms with E-state index < -0.39 is 4.92 Å². The number of thioether (sulfide) groups is 1. The van der Waals surface area contributed by atoms with Crippen molar-refractivity contribution < 1.29 is 4.92 Å². The molecule has 1 aromatic carbocycles. The summed E-state index contributed by atoms with van der Waals surface area (Å²) >= 11 is 3.26. The standard InChI is InChI=1S/C12H12N4O2S2/c1-19-12-5-3-9(20-12)7-14-15-10-4-2-8(13)6-11(10)16(17)18/h2-7,15H,13H2,1H3/b14-7+. The molecule has 0 radical (unpaired) electrons. The van der Waals surface area contributed by atoms with Crippen molar-refractivity contribution in [1.82, 2.24) is 0 Å². The lowest BCUT2D eigenvalue weighted by Gasteiger charge is -2.02. The first-order chi connectivity index (χ1) is 9.60.